The monoisotopic (exact) mass is 448 g/mol. The van der Waals surface area contributed by atoms with E-state index in [1.165, 1.54) is 17.6 Å². The molecule has 8 nitrogen and oxygen atoms in total. The van der Waals surface area contributed by atoms with E-state index in [0.717, 1.165) is 17.5 Å². The van der Waals surface area contributed by atoms with Crippen LogP contribution in [0.2, 0.25) is 5.02 Å². The van der Waals surface area contributed by atoms with Crippen molar-refractivity contribution in [3.63, 3.8) is 0 Å². The second-order valence-corrected chi connectivity index (χ2v) is 7.92. The Kier molecular flexibility index (Phi) is 6.99. The molecule has 0 saturated heterocycles. The van der Waals surface area contributed by atoms with Crippen LogP contribution in [0.25, 0.3) is 0 Å². The summed E-state index contributed by atoms with van der Waals surface area (Å²) in [7, 11) is 3.14. The average Bonchev–Trinajstić information content (AvgIpc) is 2.77. The molecule has 1 atom stereocenters. The summed E-state index contributed by atoms with van der Waals surface area (Å²) < 4.78 is 1.41. The molecule has 0 spiro atoms. The molecule has 30 heavy (non-hydrogen) atoms. The smallest absolute Gasteiger partial charge is 0.253 e. The van der Waals surface area contributed by atoms with Gasteiger partial charge >= 0.3 is 0 Å². The predicted octanol–water partition coefficient (Wildman–Crippen LogP) is 3.84. The fraction of sp³-hybridized carbons (Fsp3) is 0.250. The zero-order chi connectivity index (χ0) is 21.8. The Morgan fingerprint density at radius 3 is 2.63 bits per heavy atom. The van der Waals surface area contributed by atoms with Crippen molar-refractivity contribution in [2.75, 3.05) is 24.8 Å². The molecule has 0 aliphatic heterocycles. The van der Waals surface area contributed by atoms with Gasteiger partial charge in [-0.05, 0) is 42.1 Å². The third-order valence-corrected chi connectivity index (χ3v) is 5.97. The largest absolute Gasteiger partial charge is 0.505 e. The van der Waals surface area contributed by atoms with Crippen molar-refractivity contribution in [1.29, 1.82) is 0 Å². The summed E-state index contributed by atoms with van der Waals surface area (Å²) in [6, 6.07) is 6.63. The van der Waals surface area contributed by atoms with E-state index in [2.05, 4.69) is 15.6 Å². The Morgan fingerprint density at radius 2 is 2.00 bits per heavy atom. The highest BCUT2D eigenvalue weighted by atomic mass is 35.5. The van der Waals surface area contributed by atoms with E-state index in [4.69, 9.17) is 16.4 Å². The highest BCUT2D eigenvalue weighted by Gasteiger charge is 2.25. The molecular formula is C20H21ClN4O4S. The number of benzene rings is 1. The lowest BCUT2D eigenvalue weighted by Crippen LogP contribution is -2.37. The van der Waals surface area contributed by atoms with Crippen LogP contribution >= 0.6 is 23.5 Å². The van der Waals surface area contributed by atoms with Crippen molar-refractivity contribution in [2.45, 2.75) is 24.3 Å². The van der Waals surface area contributed by atoms with Gasteiger partial charge in [0.05, 0.1) is 28.8 Å². The van der Waals surface area contributed by atoms with Crippen LogP contribution in [0.5, 0.6) is 5.75 Å². The van der Waals surface area contributed by atoms with E-state index in [1.807, 2.05) is 19.1 Å². The Morgan fingerprint density at radius 1 is 1.27 bits per heavy atom. The second kappa shape index (κ2) is 9.48. The van der Waals surface area contributed by atoms with Crippen molar-refractivity contribution in [1.82, 2.24) is 9.45 Å². The zero-order valence-corrected chi connectivity index (χ0v) is 18.2. The molecule has 0 aliphatic rings. The van der Waals surface area contributed by atoms with Gasteiger partial charge in [0.1, 0.15) is 11.4 Å². The predicted molar refractivity (Wildman–Crippen MR) is 119 cm³/mol. The number of phenolic OH excluding ortho intramolecular Hbond substituents is 1. The number of hydrogen-bond donors (Lipinski definition) is 3. The van der Waals surface area contributed by atoms with Gasteiger partial charge in [-0.15, -0.1) is 4.47 Å². The van der Waals surface area contributed by atoms with Gasteiger partial charge in [-0.2, -0.15) is 0 Å². The molecule has 3 N–H and O–H groups in total. The third kappa shape index (κ3) is 4.44. The summed E-state index contributed by atoms with van der Waals surface area (Å²) in [4.78, 5) is 33.9. The molecule has 3 rings (SSSR count). The maximum absolute atomic E-state index is 12.2. The quantitative estimate of drug-likeness (QED) is 0.195. The molecule has 1 unspecified atom stereocenters. The fourth-order valence-electron chi connectivity index (χ4n) is 2.86. The van der Waals surface area contributed by atoms with Crippen LogP contribution in [0.4, 0.5) is 17.1 Å². The molecule has 0 bridgehead atoms. The van der Waals surface area contributed by atoms with Gasteiger partial charge < -0.3 is 15.7 Å². The fourth-order valence-corrected chi connectivity index (χ4v) is 3.80. The number of aromatic hydroxyl groups is 1. The van der Waals surface area contributed by atoms with Gasteiger partial charge in [-0.1, -0.05) is 24.6 Å². The Balaban J connectivity index is 1.89. The zero-order valence-electron chi connectivity index (χ0n) is 16.6. The molecule has 0 radical (unpaired) electrons. The number of rotatable bonds is 9. The Bertz CT molecular complexity index is 1100. The molecule has 0 amide bonds. The summed E-state index contributed by atoms with van der Waals surface area (Å²) in [5.41, 5.74) is 0.146. The molecule has 1 heterocycles. The van der Waals surface area contributed by atoms with Crippen LogP contribution in [0.3, 0.4) is 0 Å². The number of hydroxylamine groups is 1. The van der Waals surface area contributed by atoms with Crippen molar-refractivity contribution >= 4 is 40.6 Å². The maximum atomic E-state index is 12.2. The summed E-state index contributed by atoms with van der Waals surface area (Å²) in [6.07, 6.45) is 4.06. The number of hydrogen-bond acceptors (Lipinski definition) is 9. The summed E-state index contributed by atoms with van der Waals surface area (Å²) in [5, 5.41) is 16.9. The van der Waals surface area contributed by atoms with Gasteiger partial charge in [-0.25, -0.2) is 0 Å². The van der Waals surface area contributed by atoms with Crippen LogP contribution in [0, 0.1) is 0 Å². The van der Waals surface area contributed by atoms with Gasteiger partial charge in [0.2, 0.25) is 0 Å². The molecule has 3 aromatic rings. The van der Waals surface area contributed by atoms with E-state index < -0.39 is 10.9 Å². The lowest BCUT2D eigenvalue weighted by Gasteiger charge is -2.22. The van der Waals surface area contributed by atoms with E-state index in [1.54, 1.807) is 25.5 Å². The first-order chi connectivity index (χ1) is 14.4. The average molecular weight is 449 g/mol. The minimum Gasteiger partial charge on any atom is -0.505 e. The summed E-state index contributed by atoms with van der Waals surface area (Å²) >= 11 is 7.26. The van der Waals surface area contributed by atoms with Crippen LogP contribution < -0.4 is 21.5 Å². The molecule has 10 heteroatoms. The van der Waals surface area contributed by atoms with E-state index in [9.17, 15) is 14.7 Å². The lowest BCUT2D eigenvalue weighted by atomic mass is 10.0. The molecule has 1 aromatic heterocycles. The van der Waals surface area contributed by atoms with Gasteiger partial charge in [-0.3, -0.25) is 19.4 Å². The van der Waals surface area contributed by atoms with Crippen molar-refractivity contribution in [3.8, 4) is 5.75 Å². The van der Waals surface area contributed by atoms with E-state index >= 15 is 0 Å². The maximum Gasteiger partial charge on any atom is 0.253 e. The van der Waals surface area contributed by atoms with Crippen molar-refractivity contribution in [3.05, 3.63) is 67.7 Å². The number of anilines is 3. The first-order valence-electron chi connectivity index (χ1n) is 9.11. The first kappa shape index (κ1) is 22.1. The standard InChI is InChI=1S/C20H21ClN4O4S/c1-4-13(11-6-5-9-22-10-11)23-15-16(19(28)18(15)27)24-14-8-7-12(21)20(17(14)26)30-25(2)29-3/h5-10,13,23-24,26H,4H2,1-3H3. The van der Waals surface area contributed by atoms with Gasteiger partial charge in [0.25, 0.3) is 10.9 Å². The number of aromatic nitrogens is 1. The normalized spacial score (nSPS) is 12.3. The molecule has 158 valence electrons. The first-order valence-corrected chi connectivity index (χ1v) is 10.3. The van der Waals surface area contributed by atoms with Crippen LogP contribution in [0.15, 0.2) is 51.1 Å². The number of pyridine rings is 1. The summed E-state index contributed by atoms with van der Waals surface area (Å²) in [6.45, 7) is 1.96. The van der Waals surface area contributed by atoms with Crippen LogP contribution in [-0.4, -0.2) is 28.7 Å². The highest BCUT2D eigenvalue weighted by Crippen LogP contribution is 2.42. The molecule has 0 aliphatic carbocycles. The SMILES string of the molecule is CCC(Nc1c(Nc2ccc(Cl)c(SN(C)OC)c2O)c(=O)c1=O)c1cccnc1. The van der Waals surface area contributed by atoms with Crippen LogP contribution in [0.1, 0.15) is 24.9 Å². The third-order valence-electron chi connectivity index (χ3n) is 4.54. The Hall–Kier alpha value is -2.59. The lowest BCUT2D eigenvalue weighted by molar-refractivity contribution is -0.0146. The van der Waals surface area contributed by atoms with Crippen molar-refractivity contribution < 1.29 is 9.94 Å². The molecule has 0 fully saturated rings. The number of phenols is 1. The summed E-state index contributed by atoms with van der Waals surface area (Å²) in [5.74, 6) is -0.158. The molecular weight excluding hydrogens is 428 g/mol. The van der Waals surface area contributed by atoms with Crippen molar-refractivity contribution in [2.24, 2.45) is 0 Å². The van der Waals surface area contributed by atoms with Gasteiger partial charge in [0, 0.05) is 19.4 Å². The minimum atomic E-state index is -0.656. The van der Waals surface area contributed by atoms with E-state index in [0.29, 0.717) is 16.3 Å². The van der Waals surface area contributed by atoms with Gasteiger partial charge in [0.15, 0.2) is 5.75 Å². The Labute approximate surface area is 182 Å². The topological polar surface area (TPSA) is 104 Å². The minimum absolute atomic E-state index is 0.0935. The number of nitrogens with zero attached hydrogens (tertiary/aromatic N) is 2. The molecule has 0 saturated carbocycles. The number of nitrogens with one attached hydrogen (secondary N) is 2. The second-order valence-electron chi connectivity index (χ2n) is 6.41. The highest BCUT2D eigenvalue weighted by molar-refractivity contribution is 7.97. The van der Waals surface area contributed by atoms with E-state index in [-0.39, 0.29) is 28.9 Å². The van der Waals surface area contributed by atoms with Crippen LogP contribution in [-0.2, 0) is 4.84 Å². The molecule has 2 aromatic carbocycles. The number of halogens is 1.